The number of hydrogen-bond acceptors (Lipinski definition) is 6. The summed E-state index contributed by atoms with van der Waals surface area (Å²) in [6.45, 7) is 6.45. The SMILES string of the molecule is CC/C=C\C/C=C\C/C=C\C/C=C\C/C=C\CCCC(=O)O[C@H](COC(=O)CCCCCCC/C=C\CCCCCC)COC(=O)CCCCCCCCCCCCCC. The topological polar surface area (TPSA) is 78.9 Å². The molecule has 0 aromatic heterocycles. The van der Waals surface area contributed by atoms with Crippen molar-refractivity contribution in [1.29, 1.82) is 0 Å². The number of esters is 3. The van der Waals surface area contributed by atoms with Gasteiger partial charge in [-0.15, -0.1) is 0 Å². The van der Waals surface area contributed by atoms with Crippen molar-refractivity contribution in [2.24, 2.45) is 0 Å². The summed E-state index contributed by atoms with van der Waals surface area (Å²) in [6.07, 6.45) is 60.3. The Morgan fingerprint density at radius 3 is 1.10 bits per heavy atom. The largest absolute Gasteiger partial charge is 0.462 e. The molecule has 6 nitrogen and oxygen atoms in total. The lowest BCUT2D eigenvalue weighted by Crippen LogP contribution is -2.30. The Balaban J connectivity index is 4.49. The van der Waals surface area contributed by atoms with Crippen LogP contribution in [0.15, 0.2) is 72.9 Å². The molecule has 0 heterocycles. The van der Waals surface area contributed by atoms with Gasteiger partial charge in [0, 0.05) is 19.3 Å². The molecule has 0 fully saturated rings. The number of carbonyl (C=O) groups is 3. The average Bonchev–Trinajstić information content (AvgIpc) is 3.24. The maximum absolute atomic E-state index is 12.8. The predicted octanol–water partition coefficient (Wildman–Crippen LogP) is 16.3. The minimum Gasteiger partial charge on any atom is -0.462 e. The summed E-state index contributed by atoms with van der Waals surface area (Å²) >= 11 is 0. The van der Waals surface area contributed by atoms with Crippen LogP contribution < -0.4 is 0 Å². The lowest BCUT2D eigenvalue weighted by atomic mass is 10.0. The zero-order valence-electron chi connectivity index (χ0n) is 39.2. The molecule has 0 saturated heterocycles. The minimum absolute atomic E-state index is 0.0991. The first-order chi connectivity index (χ1) is 29.5. The molecule has 0 amide bonds. The number of carbonyl (C=O) groups excluding carboxylic acids is 3. The second kappa shape index (κ2) is 48.5. The van der Waals surface area contributed by atoms with Gasteiger partial charge < -0.3 is 14.2 Å². The average molecular weight is 837 g/mol. The first kappa shape index (κ1) is 56.9. The van der Waals surface area contributed by atoms with E-state index >= 15 is 0 Å². The van der Waals surface area contributed by atoms with Crippen LogP contribution in [0.3, 0.4) is 0 Å². The fourth-order valence-corrected chi connectivity index (χ4v) is 6.71. The fourth-order valence-electron chi connectivity index (χ4n) is 6.71. The van der Waals surface area contributed by atoms with Gasteiger partial charge in [-0.2, -0.15) is 0 Å². The molecule has 60 heavy (non-hydrogen) atoms. The molecule has 344 valence electrons. The quantitative estimate of drug-likeness (QED) is 0.0263. The smallest absolute Gasteiger partial charge is 0.306 e. The van der Waals surface area contributed by atoms with Gasteiger partial charge in [0.1, 0.15) is 13.2 Å². The van der Waals surface area contributed by atoms with Crippen LogP contribution in [0, 0.1) is 0 Å². The molecule has 1 atom stereocenters. The van der Waals surface area contributed by atoms with Crippen molar-refractivity contribution >= 4 is 17.9 Å². The lowest BCUT2D eigenvalue weighted by Gasteiger charge is -2.18. The summed E-state index contributed by atoms with van der Waals surface area (Å²) < 4.78 is 16.7. The molecule has 0 saturated carbocycles. The summed E-state index contributed by atoms with van der Waals surface area (Å²) in [5.41, 5.74) is 0. The van der Waals surface area contributed by atoms with Crippen LogP contribution in [-0.4, -0.2) is 37.2 Å². The molecule has 0 aromatic carbocycles. The molecule has 0 rings (SSSR count). The van der Waals surface area contributed by atoms with Crippen molar-refractivity contribution in [1.82, 2.24) is 0 Å². The maximum atomic E-state index is 12.8. The minimum atomic E-state index is -0.805. The van der Waals surface area contributed by atoms with E-state index in [1.807, 2.05) is 0 Å². The van der Waals surface area contributed by atoms with Crippen molar-refractivity contribution in [3.8, 4) is 0 Å². The third-order valence-electron chi connectivity index (χ3n) is 10.4. The van der Waals surface area contributed by atoms with Crippen LogP contribution in [0.1, 0.15) is 233 Å². The Labute approximate surface area is 370 Å². The van der Waals surface area contributed by atoms with Gasteiger partial charge in [0.15, 0.2) is 6.10 Å². The summed E-state index contributed by atoms with van der Waals surface area (Å²) in [7, 11) is 0. The van der Waals surface area contributed by atoms with E-state index in [1.165, 1.54) is 103 Å². The molecule has 0 radical (unpaired) electrons. The molecule has 0 aromatic rings. The van der Waals surface area contributed by atoms with Gasteiger partial charge >= 0.3 is 17.9 Å². The van der Waals surface area contributed by atoms with Crippen molar-refractivity contribution < 1.29 is 28.6 Å². The Morgan fingerprint density at radius 2 is 0.667 bits per heavy atom. The highest BCUT2D eigenvalue weighted by Gasteiger charge is 2.19. The van der Waals surface area contributed by atoms with E-state index in [1.54, 1.807) is 0 Å². The molecule has 0 aliphatic heterocycles. The van der Waals surface area contributed by atoms with Crippen molar-refractivity contribution in [2.75, 3.05) is 13.2 Å². The Morgan fingerprint density at radius 1 is 0.350 bits per heavy atom. The van der Waals surface area contributed by atoms with Gasteiger partial charge in [-0.3, -0.25) is 14.4 Å². The molecule has 0 N–H and O–H groups in total. The van der Waals surface area contributed by atoms with Crippen LogP contribution >= 0.6 is 0 Å². The van der Waals surface area contributed by atoms with Crippen LogP contribution in [0.2, 0.25) is 0 Å². The van der Waals surface area contributed by atoms with E-state index in [4.69, 9.17) is 14.2 Å². The zero-order valence-corrected chi connectivity index (χ0v) is 39.2. The molecule has 0 bridgehead atoms. The highest BCUT2D eigenvalue weighted by atomic mass is 16.6. The highest BCUT2D eigenvalue weighted by molar-refractivity contribution is 5.71. The molecular formula is C54H92O6. The number of unbranched alkanes of at least 4 members (excludes halogenated alkanes) is 21. The summed E-state index contributed by atoms with van der Waals surface area (Å²) in [6, 6.07) is 0. The zero-order chi connectivity index (χ0) is 43.7. The third kappa shape index (κ3) is 45.9. The molecule has 0 aliphatic carbocycles. The molecule has 6 heteroatoms. The third-order valence-corrected chi connectivity index (χ3v) is 10.4. The second-order valence-electron chi connectivity index (χ2n) is 16.3. The van der Waals surface area contributed by atoms with Crippen LogP contribution in [0.5, 0.6) is 0 Å². The summed E-state index contributed by atoms with van der Waals surface area (Å²) in [5.74, 6) is -0.967. The number of hydrogen-bond donors (Lipinski definition) is 0. The molecular weight excluding hydrogens is 745 g/mol. The lowest BCUT2D eigenvalue weighted by molar-refractivity contribution is -0.167. The monoisotopic (exact) mass is 837 g/mol. The fraction of sp³-hybridized carbons (Fsp3) is 0.722. The number of allylic oxidation sites excluding steroid dienone is 12. The molecule has 0 aliphatic rings. The van der Waals surface area contributed by atoms with Gasteiger partial charge in [-0.1, -0.05) is 203 Å². The first-order valence-electron chi connectivity index (χ1n) is 24.9. The molecule has 0 spiro atoms. The van der Waals surface area contributed by atoms with E-state index < -0.39 is 6.10 Å². The van der Waals surface area contributed by atoms with Crippen molar-refractivity contribution in [2.45, 2.75) is 239 Å². The van der Waals surface area contributed by atoms with Crippen LogP contribution in [0.4, 0.5) is 0 Å². The summed E-state index contributed by atoms with van der Waals surface area (Å²) in [4.78, 5) is 37.9. The Hall–Kier alpha value is -3.15. The van der Waals surface area contributed by atoms with E-state index in [0.29, 0.717) is 19.3 Å². The standard InChI is InChI=1S/C54H92O6/c1-4-7-10-13-16-19-22-25-26-27-28-30-33-36-39-42-45-48-54(57)60-51(49-58-52(55)46-43-40-37-34-31-24-21-18-15-12-9-6-3)50-59-53(56)47-44-41-38-35-32-29-23-20-17-14-11-8-5-2/h7,10,16,19-20,23,25-26,28,30,36,39,51H,4-6,8-9,11-15,17-18,21-22,24,27,29,31-35,37-38,40-50H2,1-3H3/b10-7-,19-16-,23-20-,26-25-,30-28-,39-36-/t51-/m0/s1. The maximum Gasteiger partial charge on any atom is 0.306 e. The normalized spacial score (nSPS) is 12.7. The van der Waals surface area contributed by atoms with E-state index in [2.05, 4.69) is 93.7 Å². The van der Waals surface area contributed by atoms with Crippen molar-refractivity contribution in [3.63, 3.8) is 0 Å². The van der Waals surface area contributed by atoms with E-state index in [9.17, 15) is 14.4 Å². The van der Waals surface area contributed by atoms with Gasteiger partial charge in [-0.25, -0.2) is 0 Å². The molecule has 0 unspecified atom stereocenters. The Kier molecular flexibility index (Phi) is 46.0. The van der Waals surface area contributed by atoms with Crippen LogP contribution in [-0.2, 0) is 28.6 Å². The number of ether oxygens (including phenoxy) is 3. The van der Waals surface area contributed by atoms with Gasteiger partial charge in [0.25, 0.3) is 0 Å². The summed E-state index contributed by atoms with van der Waals surface area (Å²) in [5, 5.41) is 0. The highest BCUT2D eigenvalue weighted by Crippen LogP contribution is 2.14. The van der Waals surface area contributed by atoms with Gasteiger partial charge in [0.05, 0.1) is 0 Å². The van der Waals surface area contributed by atoms with Crippen LogP contribution in [0.25, 0.3) is 0 Å². The van der Waals surface area contributed by atoms with E-state index in [0.717, 1.165) is 83.5 Å². The second-order valence-corrected chi connectivity index (χ2v) is 16.3. The van der Waals surface area contributed by atoms with E-state index in [-0.39, 0.29) is 37.5 Å². The van der Waals surface area contributed by atoms with Gasteiger partial charge in [0.2, 0.25) is 0 Å². The Bertz CT molecular complexity index is 1140. The number of rotatable bonds is 44. The predicted molar refractivity (Wildman–Crippen MR) is 256 cm³/mol. The van der Waals surface area contributed by atoms with Crippen molar-refractivity contribution in [3.05, 3.63) is 72.9 Å². The first-order valence-corrected chi connectivity index (χ1v) is 24.9. The van der Waals surface area contributed by atoms with Gasteiger partial charge in [-0.05, 0) is 83.5 Å².